The van der Waals surface area contributed by atoms with Crippen LogP contribution in [-0.2, 0) is 11.2 Å². The van der Waals surface area contributed by atoms with Crippen LogP contribution in [-0.4, -0.2) is 63.7 Å². The summed E-state index contributed by atoms with van der Waals surface area (Å²) in [5.74, 6) is 0.729. The highest BCUT2D eigenvalue weighted by atomic mass is 32.1. The zero-order valence-corrected chi connectivity index (χ0v) is 18.9. The number of carbonyl (C=O) groups excluding carboxylic acids is 1. The maximum Gasteiger partial charge on any atom is 0.256 e. The molecule has 8 nitrogen and oxygen atoms in total. The van der Waals surface area contributed by atoms with Crippen molar-refractivity contribution >= 4 is 17.2 Å². The summed E-state index contributed by atoms with van der Waals surface area (Å²) >= 11 is 1.57. The van der Waals surface area contributed by atoms with Gasteiger partial charge >= 0.3 is 0 Å². The zero-order valence-electron chi connectivity index (χ0n) is 18.1. The Kier molecular flexibility index (Phi) is 6.14. The average molecular weight is 462 g/mol. The number of para-hydroxylation sites is 1. The topological polar surface area (TPSA) is 82.4 Å². The molecule has 4 aromatic rings. The van der Waals surface area contributed by atoms with Crippen LogP contribution in [0.25, 0.3) is 16.3 Å². The molecular weight excluding hydrogens is 438 g/mol. The first-order valence-corrected chi connectivity index (χ1v) is 11.5. The lowest BCUT2D eigenvalue weighted by atomic mass is 10.0. The van der Waals surface area contributed by atoms with Crippen LogP contribution in [0.1, 0.15) is 15.9 Å². The van der Waals surface area contributed by atoms with E-state index in [-0.39, 0.29) is 11.9 Å². The van der Waals surface area contributed by atoms with Gasteiger partial charge in [-0.1, -0.05) is 18.2 Å². The highest BCUT2D eigenvalue weighted by molar-refractivity contribution is 7.13. The SMILES string of the molecule is COc1ccc(C[C@@H]2COCCN2C(=O)c2ccccc2-n2nccn2)cc1-c1nccs1. The number of nitrogens with zero attached hydrogens (tertiary/aromatic N) is 5. The van der Waals surface area contributed by atoms with Crippen LogP contribution >= 0.6 is 11.3 Å². The summed E-state index contributed by atoms with van der Waals surface area (Å²) in [6.45, 7) is 1.52. The van der Waals surface area contributed by atoms with E-state index >= 15 is 0 Å². The van der Waals surface area contributed by atoms with Crippen LogP contribution in [0.15, 0.2) is 66.4 Å². The summed E-state index contributed by atoms with van der Waals surface area (Å²) < 4.78 is 11.3. The molecule has 0 bridgehead atoms. The molecule has 1 aliphatic rings. The van der Waals surface area contributed by atoms with Crippen molar-refractivity contribution in [3.63, 3.8) is 0 Å². The van der Waals surface area contributed by atoms with Gasteiger partial charge in [-0.15, -0.1) is 11.3 Å². The number of rotatable bonds is 6. The predicted octanol–water partition coefficient (Wildman–Crippen LogP) is 3.48. The van der Waals surface area contributed by atoms with Crippen molar-refractivity contribution in [3.8, 4) is 22.0 Å². The Labute approximate surface area is 195 Å². The van der Waals surface area contributed by atoms with Crippen LogP contribution in [0.4, 0.5) is 0 Å². The molecule has 0 N–H and O–H groups in total. The largest absolute Gasteiger partial charge is 0.496 e. The molecule has 0 saturated carbocycles. The molecule has 168 valence electrons. The molecule has 33 heavy (non-hydrogen) atoms. The fourth-order valence-electron chi connectivity index (χ4n) is 4.09. The molecule has 2 aromatic carbocycles. The van der Waals surface area contributed by atoms with E-state index in [0.717, 1.165) is 21.9 Å². The van der Waals surface area contributed by atoms with Gasteiger partial charge in [0.05, 0.1) is 55.6 Å². The summed E-state index contributed by atoms with van der Waals surface area (Å²) in [5.41, 5.74) is 3.28. The molecule has 1 saturated heterocycles. The highest BCUT2D eigenvalue weighted by Crippen LogP contribution is 2.33. The summed E-state index contributed by atoms with van der Waals surface area (Å²) in [7, 11) is 1.66. The second-order valence-electron chi connectivity index (χ2n) is 7.64. The van der Waals surface area contributed by atoms with Crippen molar-refractivity contribution in [2.45, 2.75) is 12.5 Å². The van der Waals surface area contributed by atoms with Gasteiger partial charge in [0, 0.05) is 18.1 Å². The standard InChI is InChI=1S/C24H23N5O3S/c1-31-22-7-6-17(15-20(22)23-25-10-13-33-23)14-18-16-32-12-11-28(18)24(30)19-4-2-3-5-21(19)29-26-8-9-27-29/h2-10,13,15,18H,11-12,14,16H2,1H3/t18-/m1/s1. The summed E-state index contributed by atoms with van der Waals surface area (Å²) in [6, 6.07) is 13.4. The Hall–Kier alpha value is -3.56. The maximum atomic E-state index is 13.6. The normalized spacial score (nSPS) is 16.0. The molecule has 1 fully saturated rings. The third-order valence-corrected chi connectivity index (χ3v) is 6.46. The lowest BCUT2D eigenvalue weighted by molar-refractivity contribution is -0.00165. The monoisotopic (exact) mass is 461 g/mol. The van der Waals surface area contributed by atoms with E-state index in [1.807, 2.05) is 46.7 Å². The van der Waals surface area contributed by atoms with Crippen LogP contribution in [0.2, 0.25) is 0 Å². The van der Waals surface area contributed by atoms with Gasteiger partial charge in [-0.05, 0) is 36.2 Å². The third-order valence-electron chi connectivity index (χ3n) is 5.66. The van der Waals surface area contributed by atoms with Crippen molar-refractivity contribution in [2.75, 3.05) is 26.9 Å². The first kappa shape index (κ1) is 21.3. The van der Waals surface area contributed by atoms with E-state index < -0.39 is 0 Å². The molecule has 5 rings (SSSR count). The molecule has 1 atom stereocenters. The molecule has 3 heterocycles. The van der Waals surface area contributed by atoms with E-state index in [1.165, 1.54) is 4.80 Å². The molecule has 0 radical (unpaired) electrons. The second-order valence-corrected chi connectivity index (χ2v) is 8.53. The Morgan fingerprint density at radius 1 is 1.18 bits per heavy atom. The summed E-state index contributed by atoms with van der Waals surface area (Å²) in [4.78, 5) is 21.5. The fourth-order valence-corrected chi connectivity index (χ4v) is 4.75. The third kappa shape index (κ3) is 4.37. The van der Waals surface area contributed by atoms with E-state index in [1.54, 1.807) is 37.0 Å². The van der Waals surface area contributed by atoms with Gasteiger partial charge in [-0.25, -0.2) is 4.98 Å². The summed E-state index contributed by atoms with van der Waals surface area (Å²) in [5, 5.41) is 11.3. The average Bonchev–Trinajstić information content (AvgIpc) is 3.59. The van der Waals surface area contributed by atoms with Gasteiger partial charge in [0.2, 0.25) is 0 Å². The number of methoxy groups -OCH3 is 1. The minimum Gasteiger partial charge on any atom is -0.496 e. The second kappa shape index (κ2) is 9.51. The quantitative estimate of drug-likeness (QED) is 0.437. The van der Waals surface area contributed by atoms with Crippen molar-refractivity contribution in [1.29, 1.82) is 0 Å². The number of hydrogen-bond acceptors (Lipinski definition) is 7. The fraction of sp³-hybridized carbons (Fsp3) is 0.250. The molecule has 0 unspecified atom stereocenters. The minimum absolute atomic E-state index is 0.0511. The van der Waals surface area contributed by atoms with Gasteiger partial charge in [0.25, 0.3) is 5.91 Å². The van der Waals surface area contributed by atoms with Crippen LogP contribution in [0.5, 0.6) is 5.75 Å². The Bertz CT molecular complexity index is 1230. The first-order valence-electron chi connectivity index (χ1n) is 10.7. The molecule has 9 heteroatoms. The van der Waals surface area contributed by atoms with Gasteiger partial charge in [-0.2, -0.15) is 15.0 Å². The Morgan fingerprint density at radius 2 is 2.03 bits per heavy atom. The number of morpholine rings is 1. The van der Waals surface area contributed by atoms with E-state index in [2.05, 4.69) is 21.2 Å². The van der Waals surface area contributed by atoms with Crippen LogP contribution in [0, 0.1) is 0 Å². The number of amides is 1. The van der Waals surface area contributed by atoms with E-state index in [0.29, 0.717) is 37.4 Å². The molecule has 0 spiro atoms. The number of hydrogen-bond donors (Lipinski definition) is 0. The Morgan fingerprint density at radius 3 is 2.82 bits per heavy atom. The lowest BCUT2D eigenvalue weighted by Gasteiger charge is -2.36. The number of thiazole rings is 1. The lowest BCUT2D eigenvalue weighted by Crippen LogP contribution is -2.50. The predicted molar refractivity (Wildman–Crippen MR) is 125 cm³/mol. The number of benzene rings is 2. The van der Waals surface area contributed by atoms with Gasteiger partial charge < -0.3 is 14.4 Å². The molecule has 1 amide bonds. The smallest absolute Gasteiger partial charge is 0.256 e. The first-order chi connectivity index (χ1) is 16.2. The van der Waals surface area contributed by atoms with Gasteiger partial charge in [0.15, 0.2) is 0 Å². The molecular formula is C24H23N5O3S. The van der Waals surface area contributed by atoms with Crippen molar-refractivity contribution in [3.05, 3.63) is 77.6 Å². The highest BCUT2D eigenvalue weighted by Gasteiger charge is 2.30. The van der Waals surface area contributed by atoms with Crippen LogP contribution < -0.4 is 4.74 Å². The Balaban J connectivity index is 1.43. The zero-order chi connectivity index (χ0) is 22.6. The maximum absolute atomic E-state index is 13.6. The van der Waals surface area contributed by atoms with E-state index in [4.69, 9.17) is 9.47 Å². The number of carbonyl (C=O) groups is 1. The number of aromatic nitrogens is 4. The van der Waals surface area contributed by atoms with Crippen molar-refractivity contribution < 1.29 is 14.3 Å². The summed E-state index contributed by atoms with van der Waals surface area (Å²) in [6.07, 6.45) is 5.65. The number of ether oxygens (including phenoxy) is 2. The van der Waals surface area contributed by atoms with E-state index in [9.17, 15) is 4.79 Å². The molecule has 2 aromatic heterocycles. The minimum atomic E-state index is -0.0950. The van der Waals surface area contributed by atoms with Gasteiger partial charge in [0.1, 0.15) is 10.8 Å². The van der Waals surface area contributed by atoms with Crippen LogP contribution in [0.3, 0.4) is 0 Å². The molecule has 0 aliphatic carbocycles. The van der Waals surface area contributed by atoms with Crippen molar-refractivity contribution in [2.24, 2.45) is 0 Å². The molecule has 1 aliphatic heterocycles. The van der Waals surface area contributed by atoms with Gasteiger partial charge in [-0.3, -0.25) is 4.79 Å². The van der Waals surface area contributed by atoms with Crippen molar-refractivity contribution in [1.82, 2.24) is 24.9 Å².